The van der Waals surface area contributed by atoms with Gasteiger partial charge in [0.15, 0.2) is 0 Å². The summed E-state index contributed by atoms with van der Waals surface area (Å²) in [5.74, 6) is -0.321. The number of benzene rings is 1. The molecule has 1 N–H and O–H groups in total. The van der Waals surface area contributed by atoms with Crippen LogP contribution in [0.3, 0.4) is 0 Å². The van der Waals surface area contributed by atoms with E-state index in [9.17, 15) is 23.2 Å². The van der Waals surface area contributed by atoms with Gasteiger partial charge in [-0.2, -0.15) is 5.26 Å². The van der Waals surface area contributed by atoms with Crippen molar-refractivity contribution in [3.63, 3.8) is 0 Å². The number of anilines is 2. The number of hydrogen-bond acceptors (Lipinski definition) is 6. The fourth-order valence-corrected chi connectivity index (χ4v) is 6.05. The van der Waals surface area contributed by atoms with E-state index in [2.05, 4.69) is 16.4 Å². The van der Waals surface area contributed by atoms with E-state index < -0.39 is 11.5 Å². The van der Waals surface area contributed by atoms with Gasteiger partial charge in [0.2, 0.25) is 0 Å². The number of aryl methyl sites for hydroxylation is 2. The molecule has 0 spiro atoms. The molecule has 2 amide bonds. The summed E-state index contributed by atoms with van der Waals surface area (Å²) in [7, 11) is 1.90. The third-order valence-corrected chi connectivity index (χ3v) is 8.52. The van der Waals surface area contributed by atoms with Gasteiger partial charge in [-0.25, -0.2) is 4.98 Å². The van der Waals surface area contributed by atoms with Gasteiger partial charge in [-0.15, -0.1) is 0 Å². The molecule has 1 saturated carbocycles. The number of fused-ring (bicyclic) bond motifs is 1. The van der Waals surface area contributed by atoms with E-state index in [1.165, 1.54) is 4.90 Å². The average molecular weight is 614 g/mol. The zero-order chi connectivity index (χ0) is 32.5. The van der Waals surface area contributed by atoms with Gasteiger partial charge in [-0.3, -0.25) is 0 Å². The van der Waals surface area contributed by atoms with E-state index in [0.29, 0.717) is 36.9 Å². The molecule has 8 nitrogen and oxygen atoms in total. The van der Waals surface area contributed by atoms with E-state index in [1.54, 1.807) is 18.3 Å². The second kappa shape index (κ2) is 15.0. The van der Waals surface area contributed by atoms with Crippen molar-refractivity contribution in [2.75, 3.05) is 23.4 Å². The number of hydrogen-bond donors (Lipinski definition) is 1. The van der Waals surface area contributed by atoms with Crippen molar-refractivity contribution < 1.29 is 23.2 Å². The van der Waals surface area contributed by atoms with Gasteiger partial charge < -0.3 is 9.69 Å². The third-order valence-electron chi connectivity index (χ3n) is 8.52. The van der Waals surface area contributed by atoms with Gasteiger partial charge in [0.05, 0.1) is 11.6 Å². The number of carbonyl (C=O) groups is 3. The molecule has 1 atom stereocenters. The monoisotopic (exact) mass is 613 g/mol. The van der Waals surface area contributed by atoms with E-state index in [1.807, 2.05) is 68.1 Å². The summed E-state index contributed by atoms with van der Waals surface area (Å²) in [6.07, 6.45) is 5.75. The van der Waals surface area contributed by atoms with Crippen LogP contribution < -0.4 is 15.1 Å². The van der Waals surface area contributed by atoms with Crippen molar-refractivity contribution >= 4 is 37.0 Å². The molecule has 2 heterocycles. The van der Waals surface area contributed by atoms with Crippen LogP contribution in [0.2, 0.25) is 0 Å². The fourth-order valence-electron chi connectivity index (χ4n) is 6.05. The predicted octanol–water partition coefficient (Wildman–Crippen LogP) is 5.20. The summed E-state index contributed by atoms with van der Waals surface area (Å²) in [6.45, 7) is 4.59. The first kappa shape index (κ1) is 33.4. The zero-order valence-corrected chi connectivity index (χ0v) is 25.7. The minimum atomic E-state index is -2.66. The first-order chi connectivity index (χ1) is 21.6. The quantitative estimate of drug-likeness (QED) is 0.249. The number of nitriles is 1. The Morgan fingerprint density at radius 3 is 2.62 bits per heavy atom. The number of pyridine rings is 1. The first-order valence-electron chi connectivity index (χ1n) is 15.2. The van der Waals surface area contributed by atoms with Crippen molar-refractivity contribution in [1.82, 2.24) is 10.3 Å². The molecule has 45 heavy (non-hydrogen) atoms. The molecule has 1 unspecified atom stereocenters. The van der Waals surface area contributed by atoms with Crippen LogP contribution in [0.25, 0.3) is 0 Å². The second-order valence-electron chi connectivity index (χ2n) is 11.7. The molecule has 0 bridgehead atoms. The Kier molecular flexibility index (Phi) is 11.2. The van der Waals surface area contributed by atoms with Crippen LogP contribution in [-0.4, -0.2) is 56.1 Å². The Bertz CT molecular complexity index is 1540. The molecule has 2 aromatic heterocycles. The van der Waals surface area contributed by atoms with Crippen LogP contribution in [0.5, 0.6) is 0 Å². The molecule has 3 aromatic rings. The number of nitrogens with zero attached hydrogens (tertiary/aromatic N) is 4. The van der Waals surface area contributed by atoms with Crippen LogP contribution in [0.4, 0.5) is 20.3 Å². The predicted molar refractivity (Wildman–Crippen MR) is 170 cm³/mol. The molecule has 0 aliphatic heterocycles. The number of aldehydes is 1. The van der Waals surface area contributed by atoms with Crippen molar-refractivity contribution in [3.8, 4) is 6.07 Å². The van der Waals surface area contributed by atoms with E-state index in [0.717, 1.165) is 41.7 Å². The summed E-state index contributed by atoms with van der Waals surface area (Å²) < 4.78 is 27.1. The standard InChI is InChI=1S/C23H25BF2N2O2.C11H13N3O/c1-16-4-2-6-19(14-16)28(15-29)23(12-7-17-5-3-13-24-20(17)23)21(30)27-18-8-10-22(25,26)11-9-18;1-14(6-2-3-7-15)11-8-10(9-12)4-5-13-11/h2-6,13-15,18H,7-12H2,1H3,(H,27,30);4-5,7-8H,2-3,6H2,1H3. The Morgan fingerprint density at radius 2 is 1.93 bits per heavy atom. The molecule has 0 radical (unpaired) electrons. The Hall–Kier alpha value is -4.46. The molecule has 1 aromatic carbocycles. The maximum atomic E-state index is 13.7. The average Bonchev–Trinajstić information content (AvgIpc) is 3.43. The summed E-state index contributed by atoms with van der Waals surface area (Å²) >= 11 is 0. The van der Waals surface area contributed by atoms with E-state index in [4.69, 9.17) is 5.26 Å². The topological polar surface area (TPSA) is 106 Å². The molecule has 2 aliphatic rings. The number of amides is 2. The van der Waals surface area contributed by atoms with E-state index in [-0.39, 0.29) is 37.6 Å². The number of alkyl halides is 2. The number of aromatic nitrogens is 1. The van der Waals surface area contributed by atoms with Gasteiger partial charge in [0, 0.05) is 26.2 Å². The van der Waals surface area contributed by atoms with Crippen molar-refractivity contribution in [3.05, 3.63) is 82.8 Å². The Labute approximate surface area is 263 Å². The second-order valence-corrected chi connectivity index (χ2v) is 11.7. The number of carbonyl (C=O) groups excluding carboxylic acids is 3. The molecule has 0 saturated heterocycles. The summed E-state index contributed by atoms with van der Waals surface area (Å²) in [6, 6.07) is 16.6. The number of rotatable bonds is 10. The van der Waals surface area contributed by atoms with Gasteiger partial charge in [-0.05, 0) is 18.6 Å². The van der Waals surface area contributed by atoms with Crippen molar-refractivity contribution in [2.24, 2.45) is 0 Å². The minimum absolute atomic E-state index is 0.225. The molecule has 2 aliphatic carbocycles. The summed E-state index contributed by atoms with van der Waals surface area (Å²) in [4.78, 5) is 43.8. The van der Waals surface area contributed by atoms with Crippen molar-refractivity contribution in [2.45, 2.75) is 75.8 Å². The number of halogens is 2. The van der Waals surface area contributed by atoms with Crippen LogP contribution >= 0.6 is 0 Å². The van der Waals surface area contributed by atoms with Gasteiger partial charge >= 0.3 is 175 Å². The number of unbranched alkanes of at least 4 members (excludes halogenated alkanes) is 1. The van der Waals surface area contributed by atoms with Crippen LogP contribution in [0.15, 0.2) is 60.7 Å². The molecular formula is C34H38BF2N5O3. The van der Waals surface area contributed by atoms with Gasteiger partial charge in [0.1, 0.15) is 12.1 Å². The fraction of sp³-hybridized carbons (Fsp3) is 0.412. The molecule has 11 heteroatoms. The van der Waals surface area contributed by atoms with E-state index >= 15 is 0 Å². The SMILES string of the molecule is CN(CCCC=O)c1cc(C#N)ccn1.Cc1cccc(N(C=O)C2(C(=O)NC3CCC(F)(F)CC3)CCc3cccbc32)c1. The van der Waals surface area contributed by atoms with Crippen LogP contribution in [0.1, 0.15) is 67.1 Å². The molecule has 5 rings (SSSR count). The normalized spacial score (nSPS) is 18.3. The van der Waals surface area contributed by atoms with Gasteiger partial charge in [-0.1, -0.05) is 0 Å². The third kappa shape index (κ3) is 7.99. The Balaban J connectivity index is 0.000000259. The molecule has 1 fully saturated rings. The zero-order valence-electron chi connectivity index (χ0n) is 25.7. The molecular weight excluding hydrogens is 575 g/mol. The maximum absolute atomic E-state index is 13.7. The van der Waals surface area contributed by atoms with Crippen molar-refractivity contribution in [1.29, 1.82) is 5.26 Å². The molecule has 234 valence electrons. The van der Waals surface area contributed by atoms with Gasteiger partial charge in [0.25, 0.3) is 0 Å². The number of nitrogens with one attached hydrogen (secondary N) is 1. The van der Waals surface area contributed by atoms with Crippen LogP contribution in [0, 0.1) is 18.3 Å². The summed E-state index contributed by atoms with van der Waals surface area (Å²) in [5, 5.41) is 11.7. The summed E-state index contributed by atoms with van der Waals surface area (Å²) in [5.41, 5.74) is 2.87. The Morgan fingerprint density at radius 1 is 1.16 bits per heavy atom. The first-order valence-corrected chi connectivity index (χ1v) is 15.2. The van der Waals surface area contributed by atoms with Crippen LogP contribution in [-0.2, 0) is 26.3 Å².